The largest absolute Gasteiger partial charge is 0.496 e. The molecule has 10 nitrogen and oxygen atoms in total. The lowest BCUT2D eigenvalue weighted by molar-refractivity contribution is -0.143. The van der Waals surface area contributed by atoms with Crippen molar-refractivity contribution in [3.8, 4) is 17.0 Å². The van der Waals surface area contributed by atoms with Crippen molar-refractivity contribution in [1.82, 2.24) is 25.0 Å². The van der Waals surface area contributed by atoms with E-state index in [2.05, 4.69) is 20.3 Å². The number of carbonyl (C=O) groups is 2. The molecule has 0 saturated heterocycles. The van der Waals surface area contributed by atoms with E-state index >= 15 is 0 Å². The van der Waals surface area contributed by atoms with Crippen molar-refractivity contribution >= 4 is 28.6 Å². The fraction of sp³-hybridized carbons (Fsp3) is 0.148. The van der Waals surface area contributed by atoms with Crippen LogP contribution in [0.3, 0.4) is 0 Å². The average molecular weight is 497 g/mol. The first-order valence-electron chi connectivity index (χ1n) is 11.6. The van der Waals surface area contributed by atoms with Crippen LogP contribution in [0.4, 0.5) is 5.69 Å². The molecule has 1 N–H and O–H groups in total. The number of aromatic amines is 1. The molecular weight excluding hydrogens is 472 g/mol. The molecule has 10 heteroatoms. The molecule has 0 saturated carbocycles. The van der Waals surface area contributed by atoms with Crippen LogP contribution in [0.15, 0.2) is 85.3 Å². The number of nitrogens with one attached hydrogen (secondary N) is 1. The molecule has 0 bridgehead atoms. The summed E-state index contributed by atoms with van der Waals surface area (Å²) in [6.45, 7) is -0.338. The Labute approximate surface area is 212 Å². The van der Waals surface area contributed by atoms with Gasteiger partial charge < -0.3 is 14.5 Å². The molecule has 186 valence electrons. The quantitative estimate of drug-likeness (QED) is 0.245. The minimum atomic E-state index is -0.484. The number of hydrogen-bond donors (Lipinski definition) is 1. The van der Waals surface area contributed by atoms with Crippen LogP contribution in [-0.4, -0.2) is 50.7 Å². The van der Waals surface area contributed by atoms with Gasteiger partial charge in [0.15, 0.2) is 6.73 Å². The number of imidazole rings is 1. The molecule has 0 aliphatic heterocycles. The van der Waals surface area contributed by atoms with Gasteiger partial charge in [0.05, 0.1) is 37.3 Å². The zero-order valence-electron chi connectivity index (χ0n) is 20.1. The van der Waals surface area contributed by atoms with Gasteiger partial charge in [0.25, 0.3) is 5.91 Å². The Morgan fingerprint density at radius 3 is 2.57 bits per heavy atom. The van der Waals surface area contributed by atoms with Gasteiger partial charge in [-0.15, -0.1) is 5.10 Å². The second-order valence-corrected chi connectivity index (χ2v) is 8.20. The monoisotopic (exact) mass is 496 g/mol. The number of nitrogens with zero attached hydrogens (tertiary/aromatic N) is 5. The van der Waals surface area contributed by atoms with Gasteiger partial charge in [0, 0.05) is 11.3 Å². The second kappa shape index (κ2) is 10.7. The van der Waals surface area contributed by atoms with E-state index in [1.807, 2.05) is 48.5 Å². The highest BCUT2D eigenvalue weighted by molar-refractivity contribution is 5.94. The first kappa shape index (κ1) is 23.7. The molecule has 0 aliphatic carbocycles. The van der Waals surface area contributed by atoms with E-state index in [1.54, 1.807) is 43.9 Å². The molecule has 0 atom stereocenters. The van der Waals surface area contributed by atoms with Gasteiger partial charge in [-0.25, -0.2) is 9.67 Å². The van der Waals surface area contributed by atoms with Crippen LogP contribution < -0.4 is 9.64 Å². The minimum absolute atomic E-state index is 0.0124. The maximum absolute atomic E-state index is 13.4. The Bertz CT molecular complexity index is 1510. The minimum Gasteiger partial charge on any atom is -0.496 e. The maximum atomic E-state index is 13.4. The number of H-pyrrole nitrogens is 1. The number of amides is 1. The van der Waals surface area contributed by atoms with E-state index in [9.17, 15) is 9.59 Å². The van der Waals surface area contributed by atoms with Crippen molar-refractivity contribution in [1.29, 1.82) is 0 Å². The van der Waals surface area contributed by atoms with E-state index in [0.29, 0.717) is 22.5 Å². The summed E-state index contributed by atoms with van der Waals surface area (Å²) in [7, 11) is 1.55. The first-order chi connectivity index (χ1) is 18.1. The highest BCUT2D eigenvalue weighted by Crippen LogP contribution is 2.23. The molecule has 5 aromatic rings. The van der Waals surface area contributed by atoms with Crippen molar-refractivity contribution in [2.45, 2.75) is 13.0 Å². The predicted octanol–water partition coefficient (Wildman–Crippen LogP) is 3.61. The van der Waals surface area contributed by atoms with Crippen LogP contribution in [-0.2, 0) is 27.3 Å². The highest BCUT2D eigenvalue weighted by atomic mass is 16.5. The third kappa shape index (κ3) is 5.32. The molecule has 3 aromatic carbocycles. The molecule has 1 amide bonds. The Kier molecular flexibility index (Phi) is 6.89. The number of fused-ring (bicyclic) bond motifs is 1. The van der Waals surface area contributed by atoms with Crippen LogP contribution in [0.5, 0.6) is 5.75 Å². The molecule has 2 aromatic heterocycles. The highest BCUT2D eigenvalue weighted by Gasteiger charge is 2.21. The van der Waals surface area contributed by atoms with E-state index in [0.717, 1.165) is 16.8 Å². The smallest absolute Gasteiger partial charge is 0.312 e. The normalized spacial score (nSPS) is 10.8. The molecule has 2 heterocycles. The van der Waals surface area contributed by atoms with Crippen LogP contribution in [0.1, 0.15) is 5.56 Å². The number of carbonyl (C=O) groups excluding carboxylic acids is 2. The number of anilines is 1. The molecule has 0 unspecified atom stereocenters. The van der Waals surface area contributed by atoms with Gasteiger partial charge in [0.1, 0.15) is 17.8 Å². The van der Waals surface area contributed by atoms with Gasteiger partial charge in [-0.3, -0.25) is 14.5 Å². The zero-order valence-corrected chi connectivity index (χ0v) is 20.1. The molecule has 0 aliphatic rings. The molecule has 37 heavy (non-hydrogen) atoms. The van der Waals surface area contributed by atoms with E-state index in [4.69, 9.17) is 9.47 Å². The maximum Gasteiger partial charge on any atom is 0.312 e. The fourth-order valence-corrected chi connectivity index (χ4v) is 3.96. The third-order valence-electron chi connectivity index (χ3n) is 5.88. The standard InChI is InChI=1S/C27H24N6O4/c1-36-25-9-5-2-6-20(25)14-27(35)37-18-32(21-12-10-19(11-13-21)23-15-28-17-29-23)26(34)16-33-24-8-4-3-7-22(24)30-31-33/h2-13,15,17H,14,16,18H2,1H3,(H,28,29). The molecule has 0 fully saturated rings. The number of para-hydroxylation sites is 2. The van der Waals surface area contributed by atoms with Crippen molar-refractivity contribution in [2.75, 3.05) is 18.7 Å². The summed E-state index contributed by atoms with van der Waals surface area (Å²) in [6.07, 6.45) is 3.33. The van der Waals surface area contributed by atoms with Gasteiger partial charge in [-0.2, -0.15) is 0 Å². The molecule has 0 spiro atoms. The summed E-state index contributed by atoms with van der Waals surface area (Å²) in [6, 6.07) is 21.9. The topological polar surface area (TPSA) is 115 Å². The van der Waals surface area contributed by atoms with Crippen LogP contribution in [0, 0.1) is 0 Å². The SMILES string of the molecule is COc1ccccc1CC(=O)OCN(C(=O)Cn1nnc2ccccc21)c1ccc(-c2cnc[nH]2)cc1. The molecule has 0 radical (unpaired) electrons. The lowest BCUT2D eigenvalue weighted by Gasteiger charge is -2.23. The van der Waals surface area contributed by atoms with Gasteiger partial charge >= 0.3 is 5.97 Å². The van der Waals surface area contributed by atoms with Crippen molar-refractivity contribution in [3.05, 3.63) is 90.9 Å². The van der Waals surface area contributed by atoms with Gasteiger partial charge in [-0.05, 0) is 35.9 Å². The summed E-state index contributed by atoms with van der Waals surface area (Å²) in [4.78, 5) is 34.6. The van der Waals surface area contributed by atoms with Gasteiger partial charge in [0.2, 0.25) is 0 Å². The van der Waals surface area contributed by atoms with Crippen molar-refractivity contribution in [2.24, 2.45) is 0 Å². The Morgan fingerprint density at radius 2 is 1.78 bits per heavy atom. The van der Waals surface area contributed by atoms with Crippen molar-refractivity contribution < 1.29 is 19.1 Å². The molecular formula is C27H24N6O4. The number of esters is 1. The lowest BCUT2D eigenvalue weighted by atomic mass is 10.1. The first-order valence-corrected chi connectivity index (χ1v) is 11.6. The zero-order chi connectivity index (χ0) is 25.6. The lowest BCUT2D eigenvalue weighted by Crippen LogP contribution is -2.37. The van der Waals surface area contributed by atoms with Crippen LogP contribution in [0.25, 0.3) is 22.3 Å². The third-order valence-corrected chi connectivity index (χ3v) is 5.88. The van der Waals surface area contributed by atoms with Crippen LogP contribution in [0.2, 0.25) is 0 Å². The average Bonchev–Trinajstić information content (AvgIpc) is 3.61. The number of methoxy groups -OCH3 is 1. The molecule has 5 rings (SSSR count). The van der Waals surface area contributed by atoms with Gasteiger partial charge in [-0.1, -0.05) is 47.7 Å². The second-order valence-electron chi connectivity index (χ2n) is 8.20. The summed E-state index contributed by atoms with van der Waals surface area (Å²) < 4.78 is 12.4. The van der Waals surface area contributed by atoms with E-state index in [-0.39, 0.29) is 25.6 Å². The van der Waals surface area contributed by atoms with Crippen molar-refractivity contribution in [3.63, 3.8) is 0 Å². The summed E-state index contributed by atoms with van der Waals surface area (Å²) in [5.74, 6) is -0.197. The van der Waals surface area contributed by atoms with E-state index < -0.39 is 5.97 Å². The Hall–Kier alpha value is -4.99. The summed E-state index contributed by atoms with van der Waals surface area (Å²) in [5, 5.41) is 8.23. The summed E-state index contributed by atoms with van der Waals surface area (Å²) >= 11 is 0. The van der Waals surface area contributed by atoms with E-state index in [1.165, 1.54) is 9.58 Å². The number of benzene rings is 3. The number of rotatable bonds is 9. The Balaban J connectivity index is 1.36. The predicted molar refractivity (Wildman–Crippen MR) is 137 cm³/mol. The number of hydrogen-bond acceptors (Lipinski definition) is 7. The van der Waals surface area contributed by atoms with Crippen LogP contribution >= 0.6 is 0 Å². The number of ether oxygens (including phenoxy) is 2. The summed E-state index contributed by atoms with van der Waals surface area (Å²) in [5.41, 5.74) is 4.45. The fourth-order valence-electron chi connectivity index (χ4n) is 3.96. The Morgan fingerprint density at radius 1 is 1.00 bits per heavy atom. The number of aromatic nitrogens is 5.